The fourth-order valence-corrected chi connectivity index (χ4v) is 2.05. The summed E-state index contributed by atoms with van der Waals surface area (Å²) in [6, 6.07) is 5.26. The molecule has 19 heavy (non-hydrogen) atoms. The first-order valence-corrected chi connectivity index (χ1v) is 6.52. The van der Waals surface area contributed by atoms with Gasteiger partial charge in [-0.2, -0.15) is 0 Å². The molecule has 1 aromatic carbocycles. The molecule has 4 nitrogen and oxygen atoms in total. The molecular weight excluding hydrogens is 264 g/mol. The van der Waals surface area contributed by atoms with Crippen LogP contribution >= 0.6 is 11.6 Å². The van der Waals surface area contributed by atoms with Gasteiger partial charge in [0.25, 0.3) is 0 Å². The number of imidazole rings is 1. The highest BCUT2D eigenvalue weighted by molar-refractivity contribution is 6.30. The van der Waals surface area contributed by atoms with Crippen LogP contribution in [0.2, 0.25) is 5.02 Å². The van der Waals surface area contributed by atoms with E-state index < -0.39 is 6.10 Å². The van der Waals surface area contributed by atoms with E-state index in [1.54, 1.807) is 31.3 Å². The van der Waals surface area contributed by atoms with E-state index in [2.05, 4.69) is 4.98 Å². The molecule has 2 rings (SSSR count). The second kappa shape index (κ2) is 6.08. The van der Waals surface area contributed by atoms with E-state index in [-0.39, 0.29) is 0 Å². The Kier molecular flexibility index (Phi) is 4.45. The van der Waals surface area contributed by atoms with Gasteiger partial charge in [-0.25, -0.2) is 4.98 Å². The summed E-state index contributed by atoms with van der Waals surface area (Å²) in [7, 11) is 1.95. The van der Waals surface area contributed by atoms with Crippen LogP contribution in [0.1, 0.15) is 24.4 Å². The van der Waals surface area contributed by atoms with Gasteiger partial charge in [-0.1, -0.05) is 11.6 Å². The van der Waals surface area contributed by atoms with E-state index in [4.69, 9.17) is 16.3 Å². The lowest BCUT2D eigenvalue weighted by Crippen LogP contribution is -2.08. The lowest BCUT2D eigenvalue weighted by Gasteiger charge is -2.13. The highest BCUT2D eigenvalue weighted by atomic mass is 35.5. The predicted octanol–water partition coefficient (Wildman–Crippen LogP) is 2.75. The summed E-state index contributed by atoms with van der Waals surface area (Å²) >= 11 is 5.92. The minimum Gasteiger partial charge on any atom is -0.493 e. The van der Waals surface area contributed by atoms with Gasteiger partial charge in [0.2, 0.25) is 0 Å². The quantitative estimate of drug-likeness (QED) is 0.916. The van der Waals surface area contributed by atoms with Crippen LogP contribution in [0.5, 0.6) is 5.75 Å². The number of aliphatic hydroxyl groups is 1. The fraction of sp³-hybridized carbons (Fsp3) is 0.357. The summed E-state index contributed by atoms with van der Waals surface area (Å²) < 4.78 is 7.67. The molecule has 1 N–H and O–H groups in total. The van der Waals surface area contributed by atoms with Crippen molar-refractivity contribution in [2.24, 2.45) is 7.05 Å². The van der Waals surface area contributed by atoms with Crippen LogP contribution in [-0.4, -0.2) is 21.3 Å². The molecule has 102 valence electrons. The molecule has 0 spiro atoms. The van der Waals surface area contributed by atoms with E-state index in [9.17, 15) is 5.11 Å². The SMILES string of the molecule is C[C@@H](O)c1cc(Cl)ccc1OCCc1nccn1C. The Morgan fingerprint density at radius 3 is 2.89 bits per heavy atom. The Bertz CT molecular complexity index is 552. The van der Waals surface area contributed by atoms with Crippen molar-refractivity contribution < 1.29 is 9.84 Å². The third-order valence-corrected chi connectivity index (χ3v) is 3.16. The first-order chi connectivity index (χ1) is 9.08. The Balaban J connectivity index is 2.01. The van der Waals surface area contributed by atoms with Gasteiger partial charge in [-0.05, 0) is 25.1 Å². The third kappa shape index (κ3) is 3.49. The number of rotatable bonds is 5. The van der Waals surface area contributed by atoms with Crippen LogP contribution < -0.4 is 4.74 Å². The van der Waals surface area contributed by atoms with Crippen molar-refractivity contribution >= 4 is 11.6 Å². The molecule has 1 heterocycles. The number of nitrogens with zero attached hydrogens (tertiary/aromatic N) is 2. The topological polar surface area (TPSA) is 47.3 Å². The summed E-state index contributed by atoms with van der Waals surface area (Å²) in [5, 5.41) is 10.3. The van der Waals surface area contributed by atoms with Crippen molar-refractivity contribution in [1.82, 2.24) is 9.55 Å². The lowest BCUT2D eigenvalue weighted by molar-refractivity contribution is 0.191. The van der Waals surface area contributed by atoms with Gasteiger partial charge in [-0.15, -0.1) is 0 Å². The van der Waals surface area contributed by atoms with Crippen LogP contribution in [0.25, 0.3) is 0 Å². The molecule has 0 bridgehead atoms. The average Bonchev–Trinajstić information content (AvgIpc) is 2.77. The van der Waals surface area contributed by atoms with E-state index in [0.717, 1.165) is 5.82 Å². The van der Waals surface area contributed by atoms with Crippen LogP contribution in [-0.2, 0) is 13.5 Å². The number of aliphatic hydroxyl groups excluding tert-OH is 1. The first kappa shape index (κ1) is 13.9. The van der Waals surface area contributed by atoms with Crippen LogP contribution in [0.15, 0.2) is 30.6 Å². The monoisotopic (exact) mass is 280 g/mol. The molecule has 0 aliphatic carbocycles. The number of halogens is 1. The molecule has 0 aliphatic heterocycles. The minimum absolute atomic E-state index is 0.506. The summed E-state index contributed by atoms with van der Waals surface area (Å²) in [5.41, 5.74) is 0.701. The lowest BCUT2D eigenvalue weighted by atomic mass is 10.1. The van der Waals surface area contributed by atoms with Crippen molar-refractivity contribution in [1.29, 1.82) is 0 Å². The highest BCUT2D eigenvalue weighted by Gasteiger charge is 2.10. The number of hydrogen-bond donors (Lipinski definition) is 1. The molecule has 0 aliphatic rings. The molecule has 1 atom stereocenters. The van der Waals surface area contributed by atoms with Gasteiger partial charge >= 0.3 is 0 Å². The molecule has 5 heteroatoms. The van der Waals surface area contributed by atoms with Crippen LogP contribution in [0.3, 0.4) is 0 Å². The molecule has 0 fully saturated rings. The third-order valence-electron chi connectivity index (χ3n) is 2.93. The zero-order valence-corrected chi connectivity index (χ0v) is 11.8. The largest absolute Gasteiger partial charge is 0.493 e. The zero-order valence-electron chi connectivity index (χ0n) is 11.0. The molecule has 0 saturated carbocycles. The molecule has 0 amide bonds. The van der Waals surface area contributed by atoms with Crippen molar-refractivity contribution in [3.63, 3.8) is 0 Å². The van der Waals surface area contributed by atoms with E-state index in [0.29, 0.717) is 29.4 Å². The van der Waals surface area contributed by atoms with Crippen molar-refractivity contribution in [3.05, 3.63) is 47.0 Å². The zero-order chi connectivity index (χ0) is 13.8. The maximum absolute atomic E-state index is 9.70. The summed E-state index contributed by atoms with van der Waals surface area (Å²) in [6.45, 7) is 2.20. The van der Waals surface area contributed by atoms with E-state index in [1.807, 2.05) is 17.8 Å². The number of hydrogen-bond acceptors (Lipinski definition) is 3. The summed E-state index contributed by atoms with van der Waals surface area (Å²) in [4.78, 5) is 4.23. The van der Waals surface area contributed by atoms with Crippen LogP contribution in [0.4, 0.5) is 0 Å². The second-order valence-corrected chi connectivity index (χ2v) is 4.85. The van der Waals surface area contributed by atoms with Crippen LogP contribution in [0, 0.1) is 0 Å². The van der Waals surface area contributed by atoms with Gasteiger partial charge in [0.15, 0.2) is 0 Å². The normalized spacial score (nSPS) is 12.4. The Morgan fingerprint density at radius 1 is 1.47 bits per heavy atom. The molecule has 0 radical (unpaired) electrons. The smallest absolute Gasteiger partial charge is 0.125 e. The Morgan fingerprint density at radius 2 is 2.26 bits per heavy atom. The summed E-state index contributed by atoms with van der Waals surface area (Å²) in [5.74, 6) is 1.63. The first-order valence-electron chi connectivity index (χ1n) is 6.14. The second-order valence-electron chi connectivity index (χ2n) is 4.41. The number of aromatic nitrogens is 2. The molecule has 2 aromatic rings. The van der Waals surface area contributed by atoms with E-state index in [1.165, 1.54) is 0 Å². The number of aryl methyl sites for hydroxylation is 1. The van der Waals surface area contributed by atoms with Crippen molar-refractivity contribution in [2.45, 2.75) is 19.4 Å². The number of ether oxygens (including phenoxy) is 1. The average molecular weight is 281 g/mol. The minimum atomic E-state index is -0.609. The molecule has 0 unspecified atom stereocenters. The van der Waals surface area contributed by atoms with Gasteiger partial charge in [0, 0.05) is 36.4 Å². The molecular formula is C14H17ClN2O2. The van der Waals surface area contributed by atoms with Gasteiger partial charge in [0.05, 0.1) is 12.7 Å². The molecule has 1 aromatic heterocycles. The van der Waals surface area contributed by atoms with Gasteiger partial charge in [0.1, 0.15) is 11.6 Å². The summed E-state index contributed by atoms with van der Waals surface area (Å²) in [6.07, 6.45) is 3.77. The maximum atomic E-state index is 9.70. The Hall–Kier alpha value is -1.52. The van der Waals surface area contributed by atoms with E-state index >= 15 is 0 Å². The Labute approximate surface area is 117 Å². The molecule has 0 saturated heterocycles. The van der Waals surface area contributed by atoms with Gasteiger partial charge < -0.3 is 14.4 Å². The van der Waals surface area contributed by atoms with Crippen molar-refractivity contribution in [2.75, 3.05) is 6.61 Å². The number of benzene rings is 1. The van der Waals surface area contributed by atoms with Crippen molar-refractivity contribution in [3.8, 4) is 5.75 Å². The van der Waals surface area contributed by atoms with Gasteiger partial charge in [-0.3, -0.25) is 0 Å². The maximum Gasteiger partial charge on any atom is 0.125 e. The standard InChI is InChI=1S/C14H17ClN2O2/c1-10(18)12-9-11(15)3-4-13(12)19-8-5-14-16-6-7-17(14)2/h3-4,6-7,9-10,18H,5,8H2,1-2H3/t10-/m1/s1. The highest BCUT2D eigenvalue weighted by Crippen LogP contribution is 2.28. The fourth-order valence-electron chi connectivity index (χ4n) is 1.87. The predicted molar refractivity (Wildman–Crippen MR) is 74.5 cm³/mol.